The van der Waals surface area contributed by atoms with Crippen molar-refractivity contribution >= 4 is 11.7 Å². The number of carbonyl (C=O) groups is 1. The molecule has 0 saturated heterocycles. The standard InChI is InChI=1S/C13H13N3O2/c1-9-5-10(7-11(14)6-9)13(17)18-8-12-15-3-2-4-16-12/h2-7H,8,14H2,1H3. The highest BCUT2D eigenvalue weighted by Gasteiger charge is 2.09. The van der Waals surface area contributed by atoms with Crippen LogP contribution in [-0.2, 0) is 11.3 Å². The monoisotopic (exact) mass is 243 g/mol. The number of nitrogens with two attached hydrogens (primary N) is 1. The Bertz CT molecular complexity index is 535. The van der Waals surface area contributed by atoms with E-state index >= 15 is 0 Å². The smallest absolute Gasteiger partial charge is 0.338 e. The van der Waals surface area contributed by atoms with Crippen molar-refractivity contribution in [2.45, 2.75) is 13.5 Å². The molecule has 0 fully saturated rings. The van der Waals surface area contributed by atoms with Crippen molar-refractivity contribution in [3.05, 3.63) is 53.6 Å². The summed E-state index contributed by atoms with van der Waals surface area (Å²) < 4.78 is 5.10. The summed E-state index contributed by atoms with van der Waals surface area (Å²) in [4.78, 5) is 19.7. The van der Waals surface area contributed by atoms with Crippen LogP contribution >= 0.6 is 0 Å². The number of hydrogen-bond acceptors (Lipinski definition) is 5. The molecule has 5 nitrogen and oxygen atoms in total. The Labute approximate surface area is 105 Å². The average molecular weight is 243 g/mol. The van der Waals surface area contributed by atoms with Crippen molar-refractivity contribution in [1.82, 2.24) is 9.97 Å². The van der Waals surface area contributed by atoms with Crippen molar-refractivity contribution in [3.63, 3.8) is 0 Å². The van der Waals surface area contributed by atoms with Crippen LogP contribution in [0.1, 0.15) is 21.7 Å². The maximum atomic E-state index is 11.8. The highest BCUT2D eigenvalue weighted by Crippen LogP contribution is 2.12. The van der Waals surface area contributed by atoms with Crippen LogP contribution in [0.15, 0.2) is 36.7 Å². The molecule has 0 radical (unpaired) electrons. The number of rotatable bonds is 3. The lowest BCUT2D eigenvalue weighted by Crippen LogP contribution is -2.08. The van der Waals surface area contributed by atoms with Crippen molar-refractivity contribution in [2.24, 2.45) is 0 Å². The lowest BCUT2D eigenvalue weighted by Gasteiger charge is -2.05. The number of hydrogen-bond donors (Lipinski definition) is 1. The topological polar surface area (TPSA) is 78.1 Å². The zero-order valence-electron chi connectivity index (χ0n) is 9.96. The molecule has 1 aromatic heterocycles. The first kappa shape index (κ1) is 12.0. The highest BCUT2D eigenvalue weighted by atomic mass is 16.5. The molecule has 0 bridgehead atoms. The summed E-state index contributed by atoms with van der Waals surface area (Å²) in [5, 5.41) is 0. The van der Waals surface area contributed by atoms with Gasteiger partial charge in [0.2, 0.25) is 0 Å². The summed E-state index contributed by atoms with van der Waals surface area (Å²) in [6, 6.07) is 6.80. The van der Waals surface area contributed by atoms with Gasteiger partial charge in [-0.15, -0.1) is 0 Å². The maximum Gasteiger partial charge on any atom is 0.338 e. The van der Waals surface area contributed by atoms with Crippen molar-refractivity contribution < 1.29 is 9.53 Å². The Kier molecular flexibility index (Phi) is 3.52. The summed E-state index contributed by atoms with van der Waals surface area (Å²) in [5.41, 5.74) is 7.56. The Hall–Kier alpha value is -2.43. The van der Waals surface area contributed by atoms with Crippen LogP contribution in [0.3, 0.4) is 0 Å². The Morgan fingerprint density at radius 3 is 2.67 bits per heavy atom. The van der Waals surface area contributed by atoms with Crippen molar-refractivity contribution in [2.75, 3.05) is 5.73 Å². The largest absolute Gasteiger partial charge is 0.454 e. The number of aryl methyl sites for hydroxylation is 1. The first-order valence-electron chi connectivity index (χ1n) is 5.45. The van der Waals surface area contributed by atoms with Crippen LogP contribution in [0.5, 0.6) is 0 Å². The molecule has 0 atom stereocenters. The van der Waals surface area contributed by atoms with Crippen LogP contribution in [-0.4, -0.2) is 15.9 Å². The molecule has 0 amide bonds. The molecule has 2 aromatic rings. The van der Waals surface area contributed by atoms with Gasteiger partial charge in [0.25, 0.3) is 0 Å². The van der Waals surface area contributed by atoms with Crippen LogP contribution in [0.25, 0.3) is 0 Å². The van der Waals surface area contributed by atoms with Crippen molar-refractivity contribution in [3.8, 4) is 0 Å². The Morgan fingerprint density at radius 1 is 1.28 bits per heavy atom. The molecule has 0 unspecified atom stereocenters. The van der Waals surface area contributed by atoms with E-state index in [9.17, 15) is 4.79 Å². The van der Waals surface area contributed by atoms with Gasteiger partial charge in [0, 0.05) is 18.1 Å². The van der Waals surface area contributed by atoms with E-state index in [1.165, 1.54) is 0 Å². The molecule has 0 saturated carbocycles. The molecule has 0 aliphatic carbocycles. The third-order valence-corrected chi connectivity index (χ3v) is 2.29. The third-order valence-electron chi connectivity index (χ3n) is 2.29. The van der Waals surface area contributed by atoms with E-state index in [4.69, 9.17) is 10.5 Å². The number of ether oxygens (including phenoxy) is 1. The first-order chi connectivity index (χ1) is 8.65. The van der Waals surface area contributed by atoms with E-state index in [-0.39, 0.29) is 6.61 Å². The third kappa shape index (κ3) is 3.04. The lowest BCUT2D eigenvalue weighted by atomic mass is 10.1. The summed E-state index contributed by atoms with van der Waals surface area (Å²) in [6.45, 7) is 1.92. The van der Waals surface area contributed by atoms with Gasteiger partial charge in [-0.3, -0.25) is 0 Å². The minimum atomic E-state index is -0.433. The van der Waals surface area contributed by atoms with Gasteiger partial charge < -0.3 is 10.5 Å². The SMILES string of the molecule is Cc1cc(N)cc(C(=O)OCc2ncccn2)c1. The predicted molar refractivity (Wildman–Crippen MR) is 66.7 cm³/mol. The second-order valence-electron chi connectivity index (χ2n) is 3.87. The molecule has 2 rings (SSSR count). The van der Waals surface area contributed by atoms with Crippen LogP contribution in [0.4, 0.5) is 5.69 Å². The van der Waals surface area contributed by atoms with E-state index < -0.39 is 5.97 Å². The van der Waals surface area contributed by atoms with Crippen LogP contribution in [0.2, 0.25) is 0 Å². The number of nitrogens with zero attached hydrogens (tertiary/aromatic N) is 2. The molecule has 92 valence electrons. The fourth-order valence-corrected chi connectivity index (χ4v) is 1.55. The Balaban J connectivity index is 2.04. The van der Waals surface area contributed by atoms with Gasteiger partial charge in [0.1, 0.15) is 0 Å². The molecule has 2 N–H and O–H groups in total. The second kappa shape index (κ2) is 5.27. The van der Waals surface area contributed by atoms with Crippen molar-refractivity contribution in [1.29, 1.82) is 0 Å². The zero-order chi connectivity index (χ0) is 13.0. The summed E-state index contributed by atoms with van der Waals surface area (Å²) in [5.74, 6) is 0.0318. The molecule has 1 aromatic carbocycles. The number of nitrogen functional groups attached to an aromatic ring is 1. The number of esters is 1. The predicted octanol–water partition coefficient (Wildman–Crippen LogP) is 1.72. The molecule has 0 aliphatic rings. The number of aromatic nitrogens is 2. The molecule has 0 spiro atoms. The van der Waals surface area contributed by atoms with Crippen LogP contribution in [0, 0.1) is 6.92 Å². The second-order valence-corrected chi connectivity index (χ2v) is 3.87. The molecular formula is C13H13N3O2. The quantitative estimate of drug-likeness (QED) is 0.656. The first-order valence-corrected chi connectivity index (χ1v) is 5.45. The van der Waals surface area contributed by atoms with Gasteiger partial charge in [0.15, 0.2) is 12.4 Å². The molecule has 0 aliphatic heterocycles. The van der Waals surface area contributed by atoms with E-state index in [1.54, 1.807) is 36.7 Å². The number of anilines is 1. The molecule has 1 heterocycles. The van der Waals surface area contributed by atoms with Gasteiger partial charge in [0.05, 0.1) is 5.56 Å². The van der Waals surface area contributed by atoms with E-state index in [0.29, 0.717) is 17.1 Å². The van der Waals surface area contributed by atoms with Crippen LogP contribution < -0.4 is 5.73 Å². The van der Waals surface area contributed by atoms with E-state index in [0.717, 1.165) is 5.56 Å². The average Bonchev–Trinajstić information content (AvgIpc) is 2.36. The van der Waals surface area contributed by atoms with Gasteiger partial charge in [-0.2, -0.15) is 0 Å². The summed E-state index contributed by atoms with van der Waals surface area (Å²) in [7, 11) is 0. The maximum absolute atomic E-state index is 11.8. The molecule has 5 heteroatoms. The Morgan fingerprint density at radius 2 is 2.00 bits per heavy atom. The normalized spacial score (nSPS) is 10.1. The highest BCUT2D eigenvalue weighted by molar-refractivity contribution is 5.90. The van der Waals surface area contributed by atoms with Gasteiger partial charge in [-0.1, -0.05) is 0 Å². The number of benzene rings is 1. The van der Waals surface area contributed by atoms with E-state index in [1.807, 2.05) is 6.92 Å². The minimum absolute atomic E-state index is 0.0491. The fourth-order valence-electron chi connectivity index (χ4n) is 1.55. The lowest BCUT2D eigenvalue weighted by molar-refractivity contribution is 0.0462. The summed E-state index contributed by atoms with van der Waals surface area (Å²) >= 11 is 0. The molecular weight excluding hydrogens is 230 g/mol. The fraction of sp³-hybridized carbons (Fsp3) is 0.154. The zero-order valence-corrected chi connectivity index (χ0v) is 9.96. The van der Waals surface area contributed by atoms with Gasteiger partial charge >= 0.3 is 5.97 Å². The van der Waals surface area contributed by atoms with E-state index in [2.05, 4.69) is 9.97 Å². The van der Waals surface area contributed by atoms with Gasteiger partial charge in [-0.05, 0) is 36.8 Å². The van der Waals surface area contributed by atoms with Gasteiger partial charge in [-0.25, -0.2) is 14.8 Å². The number of carbonyl (C=O) groups excluding carboxylic acids is 1. The molecule has 18 heavy (non-hydrogen) atoms. The summed E-state index contributed by atoms with van der Waals surface area (Å²) in [6.07, 6.45) is 3.20. The minimum Gasteiger partial charge on any atom is -0.454 e.